The molecule has 1 aliphatic carbocycles. The lowest BCUT2D eigenvalue weighted by molar-refractivity contribution is -0.138. The van der Waals surface area contributed by atoms with Gasteiger partial charge in [-0.15, -0.1) is 0 Å². The minimum Gasteiger partial charge on any atom is -0.362 e. The van der Waals surface area contributed by atoms with Crippen LogP contribution < -0.4 is 10.6 Å². The van der Waals surface area contributed by atoms with E-state index in [1.54, 1.807) is 19.1 Å². The summed E-state index contributed by atoms with van der Waals surface area (Å²) in [5.41, 5.74) is 2.08. The molecule has 0 bridgehead atoms. The molecule has 0 radical (unpaired) electrons. The summed E-state index contributed by atoms with van der Waals surface area (Å²) in [4.78, 5) is 31.5. The number of nitrogens with zero attached hydrogens (tertiary/aromatic N) is 1. The molecule has 1 aromatic heterocycles. The lowest BCUT2D eigenvalue weighted by atomic mass is 9.70. The quantitative estimate of drug-likeness (QED) is 0.420. The molecule has 8 heteroatoms. The van der Waals surface area contributed by atoms with Crippen molar-refractivity contribution in [1.82, 2.24) is 10.3 Å². The van der Waals surface area contributed by atoms with Crippen molar-refractivity contribution in [1.29, 1.82) is 0 Å². The Hall–Kier alpha value is -4.20. The van der Waals surface area contributed by atoms with Crippen LogP contribution in [-0.4, -0.2) is 16.7 Å². The molecule has 2 heterocycles. The normalized spacial score (nSPS) is 19.7. The second-order valence-corrected chi connectivity index (χ2v) is 9.69. The van der Waals surface area contributed by atoms with E-state index in [0.717, 1.165) is 17.2 Å². The molecule has 2 aromatic carbocycles. The van der Waals surface area contributed by atoms with Crippen LogP contribution in [0.15, 0.2) is 95.5 Å². The lowest BCUT2D eigenvalue weighted by Gasteiger charge is -2.37. The molecule has 0 spiro atoms. The lowest BCUT2D eigenvalue weighted by Crippen LogP contribution is -2.37. The molecule has 0 unspecified atom stereocenters. The third kappa shape index (κ3) is 4.86. The average Bonchev–Trinajstić information content (AvgIpc) is 2.87. The molecular weight excluding hydrogens is 491 g/mol. The summed E-state index contributed by atoms with van der Waals surface area (Å²) in [5.74, 6) is -1.91. The highest BCUT2D eigenvalue weighted by Gasteiger charge is 2.44. The Morgan fingerprint density at radius 3 is 2.42 bits per heavy atom. The number of hydrogen-bond acceptors (Lipinski definition) is 4. The van der Waals surface area contributed by atoms with Crippen LogP contribution in [0, 0.1) is 6.92 Å². The fourth-order valence-corrected chi connectivity index (χ4v) is 5.41. The van der Waals surface area contributed by atoms with Crippen LogP contribution in [0.3, 0.4) is 0 Å². The highest BCUT2D eigenvalue weighted by atomic mass is 19.4. The number of rotatable bonds is 4. The van der Waals surface area contributed by atoms with Crippen LogP contribution in [0.1, 0.15) is 53.9 Å². The summed E-state index contributed by atoms with van der Waals surface area (Å²) >= 11 is 0. The van der Waals surface area contributed by atoms with Crippen molar-refractivity contribution in [2.45, 2.75) is 44.7 Å². The summed E-state index contributed by atoms with van der Waals surface area (Å²) in [6, 6.07) is 18.2. The summed E-state index contributed by atoms with van der Waals surface area (Å²) in [6.45, 7) is 3.50. The van der Waals surface area contributed by atoms with E-state index in [1.165, 1.54) is 24.4 Å². The molecule has 5 nitrogen and oxygen atoms in total. The molecule has 194 valence electrons. The number of nitrogens with one attached hydrogen (secondary N) is 2. The standard InChI is InChI=1S/C30H26F3N3O2/c1-17-12-13-34-25(14-17)36-29(38)26-18(2)35-23-15-20(19-8-4-3-5-9-19)16-24(37)28(23)27(26)21-10-6-7-11-22(21)30(31,32)33/h3-14,20,27,35H,15-16H2,1-2H3,(H,34,36,38)/t20-,27+/m0/s1. The topological polar surface area (TPSA) is 71.1 Å². The zero-order valence-electron chi connectivity index (χ0n) is 20.9. The fourth-order valence-electron chi connectivity index (χ4n) is 5.41. The number of alkyl halides is 3. The Bertz CT molecular complexity index is 1480. The third-order valence-corrected chi connectivity index (χ3v) is 7.08. The monoisotopic (exact) mass is 517 g/mol. The van der Waals surface area contributed by atoms with Gasteiger partial charge in [0.15, 0.2) is 5.78 Å². The molecule has 0 saturated heterocycles. The molecule has 5 rings (SSSR count). The van der Waals surface area contributed by atoms with Crippen molar-refractivity contribution in [3.8, 4) is 0 Å². The van der Waals surface area contributed by atoms with E-state index in [9.17, 15) is 22.8 Å². The molecule has 2 aliphatic rings. The number of Topliss-reactive ketones (excluding diaryl/α,β-unsaturated/α-hetero) is 1. The SMILES string of the molecule is CC1=C(C(=O)Nc2cc(C)ccn2)[C@@H](c2ccccc2C(F)(F)F)C2=C(C[C@H](c3ccccc3)CC2=O)N1. The Morgan fingerprint density at radius 1 is 1.00 bits per heavy atom. The summed E-state index contributed by atoms with van der Waals surface area (Å²) in [5, 5.41) is 5.93. The van der Waals surface area contributed by atoms with Crippen LogP contribution >= 0.6 is 0 Å². The van der Waals surface area contributed by atoms with Gasteiger partial charge in [-0.1, -0.05) is 48.5 Å². The number of hydrogen-bond donors (Lipinski definition) is 2. The van der Waals surface area contributed by atoms with Gasteiger partial charge in [0.2, 0.25) is 0 Å². The maximum absolute atomic E-state index is 14.2. The highest BCUT2D eigenvalue weighted by Crippen LogP contribution is 2.48. The summed E-state index contributed by atoms with van der Waals surface area (Å²) < 4.78 is 42.5. The third-order valence-electron chi connectivity index (χ3n) is 7.08. The largest absolute Gasteiger partial charge is 0.416 e. The van der Waals surface area contributed by atoms with Gasteiger partial charge in [0.05, 0.1) is 5.56 Å². The van der Waals surface area contributed by atoms with Gasteiger partial charge in [-0.2, -0.15) is 13.2 Å². The number of aryl methyl sites for hydroxylation is 1. The molecule has 2 N–H and O–H groups in total. The zero-order valence-corrected chi connectivity index (χ0v) is 20.9. The van der Waals surface area contributed by atoms with Gasteiger partial charge in [-0.05, 0) is 61.1 Å². The predicted molar refractivity (Wildman–Crippen MR) is 138 cm³/mol. The maximum Gasteiger partial charge on any atom is 0.416 e. The number of amides is 1. The number of anilines is 1. The van der Waals surface area contributed by atoms with E-state index in [4.69, 9.17) is 0 Å². The summed E-state index contributed by atoms with van der Waals surface area (Å²) in [6.07, 6.45) is -2.54. The highest BCUT2D eigenvalue weighted by molar-refractivity contribution is 6.09. The van der Waals surface area contributed by atoms with Crippen LogP contribution in [0.4, 0.5) is 19.0 Å². The van der Waals surface area contributed by atoms with Crippen molar-refractivity contribution < 1.29 is 22.8 Å². The van der Waals surface area contributed by atoms with E-state index in [-0.39, 0.29) is 40.6 Å². The van der Waals surface area contributed by atoms with Gasteiger partial charge in [0.25, 0.3) is 5.91 Å². The second-order valence-electron chi connectivity index (χ2n) is 9.69. The second kappa shape index (κ2) is 9.93. The van der Waals surface area contributed by atoms with Crippen LogP contribution in [0.2, 0.25) is 0 Å². The molecule has 38 heavy (non-hydrogen) atoms. The first kappa shape index (κ1) is 25.4. The van der Waals surface area contributed by atoms with E-state index < -0.39 is 23.6 Å². The first-order valence-electron chi connectivity index (χ1n) is 12.3. The van der Waals surface area contributed by atoms with Gasteiger partial charge in [0.1, 0.15) is 5.82 Å². The van der Waals surface area contributed by atoms with Gasteiger partial charge in [0, 0.05) is 41.1 Å². The van der Waals surface area contributed by atoms with Gasteiger partial charge >= 0.3 is 6.18 Å². The molecule has 3 aromatic rings. The molecule has 1 amide bonds. The van der Waals surface area contributed by atoms with E-state index in [2.05, 4.69) is 15.6 Å². The van der Waals surface area contributed by atoms with Crippen molar-refractivity contribution in [2.24, 2.45) is 0 Å². The molecule has 1 aliphatic heterocycles. The minimum atomic E-state index is -4.67. The van der Waals surface area contributed by atoms with Gasteiger partial charge in [-0.25, -0.2) is 4.98 Å². The van der Waals surface area contributed by atoms with E-state index in [1.807, 2.05) is 37.3 Å². The van der Waals surface area contributed by atoms with Crippen LogP contribution in [-0.2, 0) is 15.8 Å². The number of aromatic nitrogens is 1. The number of carbonyl (C=O) groups excluding carboxylic acids is 2. The first-order chi connectivity index (χ1) is 18.1. The maximum atomic E-state index is 14.2. The number of halogens is 3. The van der Waals surface area contributed by atoms with Crippen molar-refractivity contribution >= 4 is 17.5 Å². The number of ketones is 1. The van der Waals surface area contributed by atoms with E-state index in [0.29, 0.717) is 17.8 Å². The summed E-state index contributed by atoms with van der Waals surface area (Å²) in [7, 11) is 0. The number of pyridine rings is 1. The predicted octanol–water partition coefficient (Wildman–Crippen LogP) is 6.41. The van der Waals surface area contributed by atoms with Crippen molar-refractivity contribution in [3.05, 3.63) is 118 Å². The molecular formula is C30H26F3N3O2. The van der Waals surface area contributed by atoms with Gasteiger partial charge < -0.3 is 10.6 Å². The number of benzene rings is 2. The average molecular weight is 518 g/mol. The molecule has 2 atom stereocenters. The first-order valence-corrected chi connectivity index (χ1v) is 12.3. The molecule has 0 saturated carbocycles. The Morgan fingerprint density at radius 2 is 1.71 bits per heavy atom. The molecule has 0 fully saturated rings. The van der Waals surface area contributed by atoms with E-state index >= 15 is 0 Å². The minimum absolute atomic E-state index is 0.0651. The van der Waals surface area contributed by atoms with Crippen LogP contribution in [0.5, 0.6) is 0 Å². The Balaban J connectivity index is 1.63. The zero-order chi connectivity index (χ0) is 27.0. The van der Waals surface area contributed by atoms with Crippen molar-refractivity contribution in [2.75, 3.05) is 5.32 Å². The van der Waals surface area contributed by atoms with Crippen molar-refractivity contribution in [3.63, 3.8) is 0 Å². The van der Waals surface area contributed by atoms with Crippen LogP contribution in [0.25, 0.3) is 0 Å². The Labute approximate surface area is 218 Å². The number of dihydropyridines is 1. The fraction of sp³-hybridized carbons (Fsp3) is 0.233. The smallest absolute Gasteiger partial charge is 0.362 e. The number of allylic oxidation sites excluding steroid dienone is 3. The Kier molecular flexibility index (Phi) is 6.65. The van der Waals surface area contributed by atoms with Gasteiger partial charge in [-0.3, -0.25) is 9.59 Å². The number of carbonyl (C=O) groups is 2.